The Kier molecular flexibility index (Phi) is 3.28. The predicted octanol–water partition coefficient (Wildman–Crippen LogP) is 0.909. The third-order valence-electron chi connectivity index (χ3n) is 2.94. The maximum atomic E-state index is 13.1. The van der Waals surface area contributed by atoms with Gasteiger partial charge in [-0.3, -0.25) is 4.79 Å². The molecule has 0 aromatic heterocycles. The van der Waals surface area contributed by atoms with E-state index in [2.05, 4.69) is 5.32 Å². The zero-order valence-corrected chi connectivity index (χ0v) is 9.32. The highest BCUT2D eigenvalue weighted by Gasteiger charge is 2.29. The molecule has 1 amide bonds. The second kappa shape index (κ2) is 4.71. The maximum Gasteiger partial charge on any atom is 0.253 e. The Bertz CT molecular complexity index is 433. The molecule has 92 valence electrons. The van der Waals surface area contributed by atoms with E-state index in [1.165, 1.54) is 18.2 Å². The van der Waals surface area contributed by atoms with Gasteiger partial charge in [0.1, 0.15) is 5.82 Å². The molecule has 0 radical (unpaired) electrons. The summed E-state index contributed by atoms with van der Waals surface area (Å²) in [6, 6.07) is 4.08. The fourth-order valence-electron chi connectivity index (χ4n) is 1.68. The molecule has 0 bridgehead atoms. The lowest BCUT2D eigenvalue weighted by molar-refractivity contribution is 0.0901. The van der Waals surface area contributed by atoms with Gasteiger partial charge >= 0.3 is 0 Å². The minimum Gasteiger partial charge on any atom is -0.396 e. The van der Waals surface area contributed by atoms with Gasteiger partial charge in [-0.25, -0.2) is 4.39 Å². The van der Waals surface area contributed by atoms with Crippen LogP contribution in [0.2, 0.25) is 0 Å². The Balaban J connectivity index is 1.96. The van der Waals surface area contributed by atoms with Gasteiger partial charge < -0.3 is 16.2 Å². The number of nitrogen functional groups attached to an aromatic ring is 1. The summed E-state index contributed by atoms with van der Waals surface area (Å²) in [5, 5.41) is 12.1. The standard InChI is InChI=1S/C12H15FN2O2/c13-9-3-1-2-8(11(9)14)12(17)15-6-10(16)7-4-5-7/h1-3,7,10,16H,4-6,14H2,(H,15,17). The van der Waals surface area contributed by atoms with Crippen molar-refractivity contribution in [3.8, 4) is 0 Å². The van der Waals surface area contributed by atoms with Crippen LogP contribution in [0.3, 0.4) is 0 Å². The fourth-order valence-corrected chi connectivity index (χ4v) is 1.68. The number of carbonyl (C=O) groups excluding carboxylic acids is 1. The Hall–Kier alpha value is -1.62. The molecule has 0 saturated heterocycles. The molecule has 5 heteroatoms. The van der Waals surface area contributed by atoms with Gasteiger partial charge in [0.2, 0.25) is 0 Å². The summed E-state index contributed by atoms with van der Waals surface area (Å²) in [6.07, 6.45) is 1.48. The van der Waals surface area contributed by atoms with E-state index >= 15 is 0 Å². The van der Waals surface area contributed by atoms with Gasteiger partial charge in [0.15, 0.2) is 0 Å². The molecule has 1 aliphatic carbocycles. The molecule has 4 N–H and O–H groups in total. The highest BCUT2D eigenvalue weighted by atomic mass is 19.1. The average molecular weight is 238 g/mol. The lowest BCUT2D eigenvalue weighted by Crippen LogP contribution is -2.33. The van der Waals surface area contributed by atoms with Crippen molar-refractivity contribution < 1.29 is 14.3 Å². The molecule has 1 aromatic carbocycles. The zero-order chi connectivity index (χ0) is 12.4. The molecule has 0 heterocycles. The third-order valence-corrected chi connectivity index (χ3v) is 2.94. The molecule has 1 atom stereocenters. The first kappa shape index (κ1) is 11.9. The summed E-state index contributed by atoms with van der Waals surface area (Å²) < 4.78 is 13.1. The summed E-state index contributed by atoms with van der Waals surface area (Å²) in [7, 11) is 0. The first-order valence-corrected chi connectivity index (χ1v) is 5.60. The number of aliphatic hydroxyl groups is 1. The summed E-state index contributed by atoms with van der Waals surface area (Å²) >= 11 is 0. The number of rotatable bonds is 4. The number of amides is 1. The fraction of sp³-hybridized carbons (Fsp3) is 0.417. The first-order valence-electron chi connectivity index (χ1n) is 5.60. The van der Waals surface area contributed by atoms with Crippen molar-refractivity contribution in [1.29, 1.82) is 0 Å². The predicted molar refractivity (Wildman–Crippen MR) is 61.9 cm³/mol. The van der Waals surface area contributed by atoms with E-state index in [0.29, 0.717) is 5.92 Å². The number of nitrogens with two attached hydrogens (primary N) is 1. The van der Waals surface area contributed by atoms with Crippen LogP contribution >= 0.6 is 0 Å². The molecule has 0 aliphatic heterocycles. The first-order chi connectivity index (χ1) is 8.09. The number of hydrogen-bond donors (Lipinski definition) is 3. The second-order valence-electron chi connectivity index (χ2n) is 4.32. The van der Waals surface area contributed by atoms with E-state index in [9.17, 15) is 14.3 Å². The van der Waals surface area contributed by atoms with Gasteiger partial charge in [0, 0.05) is 6.54 Å². The van der Waals surface area contributed by atoms with E-state index in [0.717, 1.165) is 12.8 Å². The number of carbonyl (C=O) groups is 1. The van der Waals surface area contributed by atoms with Crippen LogP contribution in [0.4, 0.5) is 10.1 Å². The lowest BCUT2D eigenvalue weighted by Gasteiger charge is -2.11. The Morgan fingerprint density at radius 3 is 2.94 bits per heavy atom. The average Bonchev–Trinajstić information content (AvgIpc) is 3.13. The van der Waals surface area contributed by atoms with Gasteiger partial charge in [-0.15, -0.1) is 0 Å². The summed E-state index contributed by atoms with van der Waals surface area (Å²) in [5.41, 5.74) is 5.41. The van der Waals surface area contributed by atoms with Crippen molar-refractivity contribution in [2.45, 2.75) is 18.9 Å². The van der Waals surface area contributed by atoms with Crippen molar-refractivity contribution in [3.63, 3.8) is 0 Å². The lowest BCUT2D eigenvalue weighted by atomic mass is 10.1. The van der Waals surface area contributed by atoms with Gasteiger partial charge in [0.05, 0.1) is 17.4 Å². The van der Waals surface area contributed by atoms with Crippen molar-refractivity contribution >= 4 is 11.6 Å². The van der Waals surface area contributed by atoms with Crippen LogP contribution < -0.4 is 11.1 Å². The van der Waals surface area contributed by atoms with Gasteiger partial charge in [-0.05, 0) is 30.9 Å². The van der Waals surface area contributed by atoms with Crippen LogP contribution in [0.1, 0.15) is 23.2 Å². The molecular weight excluding hydrogens is 223 g/mol. The molecule has 17 heavy (non-hydrogen) atoms. The summed E-state index contributed by atoms with van der Waals surface area (Å²) in [5.74, 6) is -0.776. The molecule has 1 saturated carbocycles. The normalized spacial score (nSPS) is 16.6. The van der Waals surface area contributed by atoms with E-state index in [4.69, 9.17) is 5.73 Å². The SMILES string of the molecule is Nc1c(F)cccc1C(=O)NCC(O)C1CC1. The largest absolute Gasteiger partial charge is 0.396 e. The number of halogens is 1. The van der Waals surface area contributed by atoms with Crippen LogP contribution in [0.5, 0.6) is 0 Å². The number of nitrogens with one attached hydrogen (secondary N) is 1. The van der Waals surface area contributed by atoms with E-state index in [1.807, 2.05) is 0 Å². The van der Waals surface area contributed by atoms with Crippen molar-refractivity contribution in [1.82, 2.24) is 5.32 Å². The molecule has 0 spiro atoms. The van der Waals surface area contributed by atoms with E-state index < -0.39 is 17.8 Å². The second-order valence-corrected chi connectivity index (χ2v) is 4.32. The third kappa shape index (κ3) is 2.74. The number of para-hydroxylation sites is 1. The van der Waals surface area contributed by atoms with Crippen LogP contribution in [0, 0.1) is 11.7 Å². The molecule has 1 aliphatic rings. The minimum absolute atomic E-state index is 0.105. The Morgan fingerprint density at radius 2 is 2.29 bits per heavy atom. The van der Waals surface area contributed by atoms with Crippen molar-refractivity contribution in [2.24, 2.45) is 5.92 Å². The number of anilines is 1. The number of aliphatic hydroxyl groups excluding tert-OH is 1. The van der Waals surface area contributed by atoms with Crippen LogP contribution in [0.25, 0.3) is 0 Å². The van der Waals surface area contributed by atoms with Crippen LogP contribution in [-0.4, -0.2) is 23.7 Å². The van der Waals surface area contributed by atoms with E-state index in [1.54, 1.807) is 0 Å². The van der Waals surface area contributed by atoms with Gasteiger partial charge in [-0.2, -0.15) is 0 Å². The quantitative estimate of drug-likeness (QED) is 0.682. The molecule has 4 nitrogen and oxygen atoms in total. The summed E-state index contributed by atoms with van der Waals surface area (Å²) in [6.45, 7) is 0.180. The highest BCUT2D eigenvalue weighted by Crippen LogP contribution is 2.32. The molecule has 1 aromatic rings. The van der Waals surface area contributed by atoms with Crippen LogP contribution in [-0.2, 0) is 0 Å². The minimum atomic E-state index is -0.611. The number of hydrogen-bond acceptors (Lipinski definition) is 3. The molecule has 1 fully saturated rings. The number of benzene rings is 1. The molecule has 1 unspecified atom stereocenters. The highest BCUT2D eigenvalue weighted by molar-refractivity contribution is 5.99. The monoisotopic (exact) mass is 238 g/mol. The van der Waals surface area contributed by atoms with Gasteiger partial charge in [-0.1, -0.05) is 6.07 Å². The smallest absolute Gasteiger partial charge is 0.253 e. The topological polar surface area (TPSA) is 75.4 Å². The summed E-state index contributed by atoms with van der Waals surface area (Å²) in [4.78, 5) is 11.7. The van der Waals surface area contributed by atoms with E-state index in [-0.39, 0.29) is 17.8 Å². The zero-order valence-electron chi connectivity index (χ0n) is 9.32. The maximum absolute atomic E-state index is 13.1. The molecule has 2 rings (SSSR count). The van der Waals surface area contributed by atoms with Crippen LogP contribution in [0.15, 0.2) is 18.2 Å². The van der Waals surface area contributed by atoms with Crippen molar-refractivity contribution in [2.75, 3.05) is 12.3 Å². The Morgan fingerprint density at radius 1 is 1.59 bits per heavy atom. The Labute approximate surface area is 98.6 Å². The molecular formula is C12H15FN2O2. The van der Waals surface area contributed by atoms with Gasteiger partial charge in [0.25, 0.3) is 5.91 Å². The van der Waals surface area contributed by atoms with Crippen molar-refractivity contribution in [3.05, 3.63) is 29.6 Å².